The van der Waals surface area contributed by atoms with E-state index in [1.54, 1.807) is 43.3 Å². The van der Waals surface area contributed by atoms with E-state index in [0.717, 1.165) is 0 Å². The van der Waals surface area contributed by atoms with E-state index in [9.17, 15) is 9.59 Å². The Morgan fingerprint density at radius 2 is 1.75 bits per heavy atom. The Hall–Kier alpha value is -2.69. The lowest BCUT2D eigenvalue weighted by Gasteiger charge is -2.06. The van der Waals surface area contributed by atoms with Crippen LogP contribution < -0.4 is 10.5 Å². The average Bonchev–Trinajstić information content (AvgIpc) is 2.48. The van der Waals surface area contributed by atoms with Crippen LogP contribution in [0.15, 0.2) is 42.6 Å². The average molecular weight is 270 g/mol. The van der Waals surface area contributed by atoms with Gasteiger partial charge in [-0.3, -0.25) is 9.59 Å². The number of Topliss-reactive ketones (excluding diaryl/α,β-unsaturated/α-hetero) is 1. The molecule has 1 aromatic heterocycles. The number of amides is 1. The van der Waals surface area contributed by atoms with E-state index in [0.29, 0.717) is 29.2 Å². The Kier molecular flexibility index (Phi) is 4.10. The number of aromatic nitrogens is 1. The van der Waals surface area contributed by atoms with E-state index in [1.165, 1.54) is 6.20 Å². The van der Waals surface area contributed by atoms with Gasteiger partial charge in [0.15, 0.2) is 5.78 Å². The number of ether oxygens (including phenoxy) is 1. The molecule has 0 bridgehead atoms. The van der Waals surface area contributed by atoms with Crippen molar-refractivity contribution in [1.29, 1.82) is 0 Å². The Labute approximate surface area is 116 Å². The highest BCUT2D eigenvalue weighted by Crippen LogP contribution is 2.21. The first-order valence-corrected chi connectivity index (χ1v) is 6.17. The minimum atomic E-state index is -0.486. The lowest BCUT2D eigenvalue weighted by Crippen LogP contribution is -2.10. The van der Waals surface area contributed by atoms with Gasteiger partial charge in [0.05, 0.1) is 6.20 Å². The number of hydrogen-bond donors (Lipinski definition) is 1. The van der Waals surface area contributed by atoms with Gasteiger partial charge in [-0.05, 0) is 36.4 Å². The standard InChI is InChI=1S/C15H14N2O3/c1-2-14(18)13-8-7-12(9-17-13)20-11-5-3-10(4-6-11)15(16)19/h3-9H,2H2,1H3,(H2,16,19). The summed E-state index contributed by atoms with van der Waals surface area (Å²) in [6, 6.07) is 9.76. The van der Waals surface area contributed by atoms with Gasteiger partial charge in [0.2, 0.25) is 5.91 Å². The van der Waals surface area contributed by atoms with Crippen molar-refractivity contribution in [3.8, 4) is 11.5 Å². The summed E-state index contributed by atoms with van der Waals surface area (Å²) in [4.78, 5) is 26.4. The SMILES string of the molecule is CCC(=O)c1ccc(Oc2ccc(C(N)=O)cc2)cn1. The second kappa shape index (κ2) is 5.97. The second-order valence-electron chi connectivity index (χ2n) is 4.15. The fourth-order valence-electron chi connectivity index (χ4n) is 1.61. The molecule has 2 rings (SSSR count). The quantitative estimate of drug-likeness (QED) is 0.846. The molecule has 0 atom stereocenters. The lowest BCUT2D eigenvalue weighted by atomic mass is 10.2. The molecule has 5 heteroatoms. The number of nitrogens with zero attached hydrogens (tertiary/aromatic N) is 1. The van der Waals surface area contributed by atoms with Crippen LogP contribution in [0.25, 0.3) is 0 Å². The van der Waals surface area contributed by atoms with Crippen LogP contribution in [0.3, 0.4) is 0 Å². The van der Waals surface area contributed by atoms with E-state index < -0.39 is 5.91 Å². The number of carbonyl (C=O) groups is 2. The van der Waals surface area contributed by atoms with Crippen LogP contribution in [0.5, 0.6) is 11.5 Å². The summed E-state index contributed by atoms with van der Waals surface area (Å²) >= 11 is 0. The third-order valence-electron chi connectivity index (χ3n) is 2.72. The zero-order valence-electron chi connectivity index (χ0n) is 11.0. The number of benzene rings is 1. The van der Waals surface area contributed by atoms with Crippen LogP contribution in [0.4, 0.5) is 0 Å². The van der Waals surface area contributed by atoms with E-state index in [1.807, 2.05) is 0 Å². The second-order valence-corrected chi connectivity index (χ2v) is 4.15. The zero-order valence-corrected chi connectivity index (χ0v) is 11.0. The normalized spacial score (nSPS) is 10.1. The summed E-state index contributed by atoms with van der Waals surface area (Å²) in [5.41, 5.74) is 5.99. The van der Waals surface area contributed by atoms with E-state index in [4.69, 9.17) is 10.5 Å². The molecule has 0 unspecified atom stereocenters. The molecule has 0 radical (unpaired) electrons. The van der Waals surface area contributed by atoms with Crippen molar-refractivity contribution in [3.05, 3.63) is 53.9 Å². The van der Waals surface area contributed by atoms with E-state index in [2.05, 4.69) is 4.98 Å². The number of rotatable bonds is 5. The molecule has 5 nitrogen and oxygen atoms in total. The van der Waals surface area contributed by atoms with Gasteiger partial charge in [-0.25, -0.2) is 4.98 Å². The van der Waals surface area contributed by atoms with Crippen molar-refractivity contribution in [2.24, 2.45) is 5.73 Å². The Morgan fingerprint density at radius 1 is 1.10 bits per heavy atom. The molecule has 0 saturated heterocycles. The predicted molar refractivity (Wildman–Crippen MR) is 73.9 cm³/mol. The maximum atomic E-state index is 11.4. The van der Waals surface area contributed by atoms with Gasteiger partial charge < -0.3 is 10.5 Å². The maximum absolute atomic E-state index is 11.4. The van der Waals surface area contributed by atoms with Crippen LogP contribution in [-0.2, 0) is 0 Å². The summed E-state index contributed by atoms with van der Waals surface area (Å²) in [6.07, 6.45) is 1.91. The summed E-state index contributed by atoms with van der Waals surface area (Å²) in [5, 5.41) is 0. The van der Waals surface area contributed by atoms with Crippen molar-refractivity contribution in [2.75, 3.05) is 0 Å². The zero-order chi connectivity index (χ0) is 14.5. The Balaban J connectivity index is 2.10. The van der Waals surface area contributed by atoms with Gasteiger partial charge in [0.1, 0.15) is 17.2 Å². The molecule has 0 aliphatic heterocycles. The number of ketones is 1. The highest BCUT2D eigenvalue weighted by Gasteiger charge is 2.05. The molecule has 2 N–H and O–H groups in total. The van der Waals surface area contributed by atoms with Crippen molar-refractivity contribution >= 4 is 11.7 Å². The predicted octanol–water partition coefficient (Wildman–Crippen LogP) is 2.57. The third-order valence-corrected chi connectivity index (χ3v) is 2.72. The van der Waals surface area contributed by atoms with Crippen LogP contribution in [0, 0.1) is 0 Å². The molecule has 0 aliphatic rings. The van der Waals surface area contributed by atoms with Gasteiger partial charge in [-0.2, -0.15) is 0 Å². The molecule has 0 saturated carbocycles. The smallest absolute Gasteiger partial charge is 0.248 e. The molecule has 1 aromatic carbocycles. The van der Waals surface area contributed by atoms with Crippen LogP contribution in [0.1, 0.15) is 34.2 Å². The topological polar surface area (TPSA) is 82.3 Å². The van der Waals surface area contributed by atoms with E-state index >= 15 is 0 Å². The van der Waals surface area contributed by atoms with Gasteiger partial charge in [0, 0.05) is 12.0 Å². The number of hydrogen-bond acceptors (Lipinski definition) is 4. The van der Waals surface area contributed by atoms with Crippen molar-refractivity contribution in [2.45, 2.75) is 13.3 Å². The Bertz CT molecular complexity index is 619. The largest absolute Gasteiger partial charge is 0.456 e. The van der Waals surface area contributed by atoms with Gasteiger partial charge in [-0.15, -0.1) is 0 Å². The number of pyridine rings is 1. The van der Waals surface area contributed by atoms with Crippen molar-refractivity contribution < 1.29 is 14.3 Å². The summed E-state index contributed by atoms with van der Waals surface area (Å²) in [7, 11) is 0. The van der Waals surface area contributed by atoms with Crippen molar-refractivity contribution in [1.82, 2.24) is 4.98 Å². The third kappa shape index (κ3) is 3.20. The molecule has 0 spiro atoms. The lowest BCUT2D eigenvalue weighted by molar-refractivity contribution is 0.0980. The van der Waals surface area contributed by atoms with Gasteiger partial charge in [0.25, 0.3) is 0 Å². The number of carbonyl (C=O) groups excluding carboxylic acids is 2. The molecule has 102 valence electrons. The minimum absolute atomic E-state index is 0.0117. The molecular weight excluding hydrogens is 256 g/mol. The molecule has 20 heavy (non-hydrogen) atoms. The van der Waals surface area contributed by atoms with Gasteiger partial charge >= 0.3 is 0 Å². The fourth-order valence-corrected chi connectivity index (χ4v) is 1.61. The number of nitrogens with two attached hydrogens (primary N) is 1. The Morgan fingerprint density at radius 3 is 2.25 bits per heavy atom. The monoisotopic (exact) mass is 270 g/mol. The van der Waals surface area contributed by atoms with Gasteiger partial charge in [-0.1, -0.05) is 6.92 Å². The summed E-state index contributed by atoms with van der Waals surface area (Å²) in [6.45, 7) is 1.79. The molecule has 1 amide bonds. The first kappa shape index (κ1) is 13.7. The van der Waals surface area contributed by atoms with Crippen molar-refractivity contribution in [3.63, 3.8) is 0 Å². The highest BCUT2D eigenvalue weighted by molar-refractivity contribution is 5.94. The van der Waals surface area contributed by atoms with E-state index in [-0.39, 0.29) is 5.78 Å². The summed E-state index contributed by atoms with van der Waals surface area (Å²) in [5.74, 6) is 0.582. The minimum Gasteiger partial charge on any atom is -0.456 e. The highest BCUT2D eigenvalue weighted by atomic mass is 16.5. The fraction of sp³-hybridized carbons (Fsp3) is 0.133. The first-order chi connectivity index (χ1) is 9.60. The maximum Gasteiger partial charge on any atom is 0.248 e. The first-order valence-electron chi connectivity index (χ1n) is 6.17. The molecule has 0 aliphatic carbocycles. The summed E-state index contributed by atoms with van der Waals surface area (Å²) < 4.78 is 5.56. The van der Waals surface area contributed by atoms with Crippen LogP contribution in [-0.4, -0.2) is 16.7 Å². The molecule has 1 heterocycles. The molecular formula is C15H14N2O3. The van der Waals surface area contributed by atoms with Crippen LogP contribution >= 0.6 is 0 Å². The number of primary amides is 1. The molecule has 2 aromatic rings. The van der Waals surface area contributed by atoms with Crippen LogP contribution in [0.2, 0.25) is 0 Å². The molecule has 0 fully saturated rings.